The van der Waals surface area contributed by atoms with E-state index in [4.69, 9.17) is 21.6 Å². The van der Waals surface area contributed by atoms with Crippen LogP contribution < -0.4 is 21.3 Å². The molecule has 6 unspecified atom stereocenters. The van der Waals surface area contributed by atoms with E-state index < -0.39 is 11.7 Å². The Bertz CT molecular complexity index is 2290. The number of nitrogens with zero attached hydrogens (tertiary/aromatic N) is 7. The van der Waals surface area contributed by atoms with Crippen LogP contribution in [0.1, 0.15) is 157 Å². The number of allylic oxidation sites excluding steroid dienone is 1. The van der Waals surface area contributed by atoms with Gasteiger partial charge < -0.3 is 21.3 Å². The fourth-order valence-corrected chi connectivity index (χ4v) is 12.7. The van der Waals surface area contributed by atoms with Crippen LogP contribution >= 0.6 is 11.6 Å². The van der Waals surface area contributed by atoms with Crippen LogP contribution in [0.2, 0.25) is 5.02 Å². The Morgan fingerprint density at radius 2 is 1.57 bits per heavy atom. The van der Waals surface area contributed by atoms with E-state index >= 15 is 0 Å². The lowest BCUT2D eigenvalue weighted by Gasteiger charge is -2.48. The molecule has 0 aromatic heterocycles. The number of benzene rings is 2. The third-order valence-corrected chi connectivity index (χ3v) is 17.8. The molecule has 1 aliphatic carbocycles. The second-order valence-electron chi connectivity index (χ2n) is 24.6. The average molecular weight is 1120 g/mol. The maximum atomic E-state index is 13.6. The molecular weight excluding hydrogens is 1020 g/mol. The number of hydrogen-bond acceptors (Lipinski definition) is 11. The van der Waals surface area contributed by atoms with E-state index in [1.807, 2.05) is 31.5 Å². The Hall–Kier alpha value is -3.76. The van der Waals surface area contributed by atoms with Gasteiger partial charge in [-0.1, -0.05) is 83.3 Å². The van der Waals surface area contributed by atoms with Crippen LogP contribution in [-0.2, 0) is 19.0 Å². The SMILES string of the molecule is CC[C@H](C)N1CCNC=CN=CC=NC(C)=CN=C(CC(C)C)C(C)=NC2(CCCC2)CN2CCCC2CN[C@@H](CCc2ccc(C(F)(F)F)cc2)CNCC(C)N[C@@H](Cc2ccc(Cl)cc2)C(C)CN2C(C)CCC(C)C2C1. The maximum Gasteiger partial charge on any atom is 0.416 e. The van der Waals surface area contributed by atoms with E-state index in [0.29, 0.717) is 48.3 Å². The van der Waals surface area contributed by atoms with Gasteiger partial charge in [-0.05, 0) is 165 Å². The van der Waals surface area contributed by atoms with Crippen LogP contribution in [-0.4, -0.2) is 145 Å². The zero-order valence-electron chi connectivity index (χ0n) is 50.0. The highest BCUT2D eigenvalue weighted by Gasteiger charge is 2.40. The quantitative estimate of drug-likeness (QED) is 0.198. The number of fused-ring (bicyclic) bond motifs is 2. The summed E-state index contributed by atoms with van der Waals surface area (Å²) in [6.07, 6.45) is 18.2. The number of rotatable bonds is 9. The van der Waals surface area contributed by atoms with Crippen LogP contribution in [0.5, 0.6) is 0 Å². The summed E-state index contributed by atoms with van der Waals surface area (Å²) in [5.74, 6) is 1.35. The summed E-state index contributed by atoms with van der Waals surface area (Å²) >= 11 is 6.42. The van der Waals surface area contributed by atoms with Gasteiger partial charge in [-0.3, -0.25) is 34.7 Å². The van der Waals surface area contributed by atoms with Gasteiger partial charge >= 0.3 is 6.18 Å². The van der Waals surface area contributed by atoms with E-state index in [1.54, 1.807) is 30.8 Å². The normalized spacial score (nSPS) is 28.3. The third-order valence-electron chi connectivity index (χ3n) is 17.5. The zero-order chi connectivity index (χ0) is 57.0. The Labute approximate surface area is 480 Å². The molecule has 0 radical (unpaired) electrons. The first kappa shape index (κ1) is 64.4. The Morgan fingerprint density at radius 1 is 0.835 bits per heavy atom. The van der Waals surface area contributed by atoms with Gasteiger partial charge in [0.2, 0.25) is 0 Å². The lowest BCUT2D eigenvalue weighted by atomic mass is 9.84. The van der Waals surface area contributed by atoms with E-state index in [1.165, 1.54) is 43.4 Å². The molecule has 11 nitrogen and oxygen atoms in total. The van der Waals surface area contributed by atoms with Crippen LogP contribution in [0.15, 0.2) is 92.8 Å². The average Bonchev–Trinajstić information content (AvgIpc) is 4.08. The molecule has 3 aliphatic heterocycles. The third kappa shape index (κ3) is 21.2. The summed E-state index contributed by atoms with van der Waals surface area (Å²) in [5, 5.41) is 16.3. The van der Waals surface area contributed by atoms with Gasteiger partial charge in [0.05, 0.1) is 28.2 Å². The van der Waals surface area contributed by atoms with Crippen molar-refractivity contribution in [1.82, 2.24) is 36.0 Å². The molecule has 3 heterocycles. The number of nitrogens with one attached hydrogen (secondary N) is 4. The van der Waals surface area contributed by atoms with Gasteiger partial charge in [-0.25, -0.2) is 0 Å². The highest BCUT2D eigenvalue weighted by Crippen LogP contribution is 2.37. The summed E-state index contributed by atoms with van der Waals surface area (Å²) in [6, 6.07) is 16.3. The molecule has 4 N–H and O–H groups in total. The Kier molecular flexibility index (Phi) is 26.2. The Balaban J connectivity index is 1.28. The van der Waals surface area contributed by atoms with Gasteiger partial charge in [-0.15, -0.1) is 0 Å². The van der Waals surface area contributed by atoms with Crippen molar-refractivity contribution in [2.75, 3.05) is 58.9 Å². The van der Waals surface area contributed by atoms with Crippen LogP contribution in [0.3, 0.4) is 0 Å². The van der Waals surface area contributed by atoms with E-state index in [0.717, 1.165) is 138 Å². The van der Waals surface area contributed by atoms with E-state index in [-0.39, 0.29) is 23.7 Å². The van der Waals surface area contributed by atoms with Crippen LogP contribution in [0, 0.1) is 17.8 Å². The number of hydrogen-bond donors (Lipinski definition) is 4. The minimum Gasteiger partial charge on any atom is -0.388 e. The first-order valence-corrected chi connectivity index (χ1v) is 30.8. The van der Waals surface area contributed by atoms with Crippen molar-refractivity contribution < 1.29 is 13.2 Å². The lowest BCUT2D eigenvalue weighted by molar-refractivity contribution is -0.137. The summed E-state index contributed by atoms with van der Waals surface area (Å²) in [4.78, 5) is 28.0. The van der Waals surface area contributed by atoms with Crippen molar-refractivity contribution in [3.63, 3.8) is 0 Å². The molecule has 6 rings (SSSR count). The molecular formula is C64H101ClF3N11. The molecule has 3 fully saturated rings. The molecule has 15 heteroatoms. The Morgan fingerprint density at radius 3 is 2.28 bits per heavy atom. The lowest BCUT2D eigenvalue weighted by Crippen LogP contribution is -2.58. The minimum absolute atomic E-state index is 0.119. The summed E-state index contributed by atoms with van der Waals surface area (Å²) < 4.78 is 40.7. The molecule has 79 heavy (non-hydrogen) atoms. The van der Waals surface area contributed by atoms with Gasteiger partial charge in [0.25, 0.3) is 0 Å². The molecule has 440 valence electrons. The van der Waals surface area contributed by atoms with Crippen LogP contribution in [0.4, 0.5) is 13.2 Å². The van der Waals surface area contributed by atoms with Gasteiger partial charge in [0, 0.05) is 131 Å². The number of aryl methyl sites for hydroxylation is 1. The predicted molar refractivity (Wildman–Crippen MR) is 328 cm³/mol. The van der Waals surface area contributed by atoms with Gasteiger partial charge in [0.1, 0.15) is 0 Å². The standard InChI is InChI=1S/C64H101ClF3N11/c1-11-51(8)77-36-34-70-31-30-69-32-33-72-49(6)40-74-61(37-46(2)3)53(10)76-63(28-12-13-29-63)45-78-35-14-15-59(78)42-73-58(27-22-54-18-23-56(24-19-54)64(66,67)68)41-71-39-50(7)75-60(38-55-20-25-57(65)26-21-55)48(5)43-79-52(9)17-16-47(4)62(79)44-77/h18-21,23-26,30-33,40,46-48,50-52,58-60,62,70-71,73,75H,11-17,22,27-29,34-39,41-45H2,1-10H3/t47?,48?,50?,51-,52?,58-,59?,60-,62?/m0/s1. The maximum absolute atomic E-state index is 13.6. The molecule has 1 saturated carbocycles. The molecule has 2 aromatic rings. The molecule has 0 bridgehead atoms. The van der Waals surface area contributed by atoms with Crippen molar-refractivity contribution in [1.29, 1.82) is 0 Å². The fourth-order valence-electron chi connectivity index (χ4n) is 12.5. The fraction of sp³-hybridized carbons (Fsp3) is 0.688. The van der Waals surface area contributed by atoms with Crippen molar-refractivity contribution in [3.8, 4) is 0 Å². The first-order chi connectivity index (χ1) is 37.8. The highest BCUT2D eigenvalue weighted by atomic mass is 35.5. The highest BCUT2D eigenvalue weighted by molar-refractivity contribution is 6.41. The summed E-state index contributed by atoms with van der Waals surface area (Å²) in [7, 11) is 0. The topological polar surface area (TPSA) is 107 Å². The number of aliphatic imine (C=N–C) groups is 4. The summed E-state index contributed by atoms with van der Waals surface area (Å²) in [6.45, 7) is 31.0. The monoisotopic (exact) mass is 1120 g/mol. The summed E-state index contributed by atoms with van der Waals surface area (Å²) in [5.41, 5.74) is 4.26. The zero-order valence-corrected chi connectivity index (χ0v) is 50.7. The van der Waals surface area contributed by atoms with Crippen molar-refractivity contribution in [3.05, 3.63) is 94.5 Å². The van der Waals surface area contributed by atoms with E-state index in [2.05, 4.69) is 120 Å². The molecule has 4 aliphatic rings. The van der Waals surface area contributed by atoms with Crippen LogP contribution in [0.25, 0.3) is 0 Å². The molecule has 2 saturated heterocycles. The molecule has 9 atom stereocenters. The van der Waals surface area contributed by atoms with E-state index in [9.17, 15) is 13.2 Å². The van der Waals surface area contributed by atoms with Gasteiger partial charge in [-0.2, -0.15) is 13.2 Å². The smallest absolute Gasteiger partial charge is 0.388 e. The van der Waals surface area contributed by atoms with Crippen molar-refractivity contribution >= 4 is 35.5 Å². The molecule has 1 spiro atoms. The van der Waals surface area contributed by atoms with Crippen molar-refractivity contribution in [2.45, 2.75) is 207 Å². The number of halogens is 4. The second kappa shape index (κ2) is 32.2. The van der Waals surface area contributed by atoms with Gasteiger partial charge in [0.15, 0.2) is 0 Å². The predicted octanol–water partition coefficient (Wildman–Crippen LogP) is 12.5. The minimum atomic E-state index is -4.36. The van der Waals surface area contributed by atoms with Crippen molar-refractivity contribution in [2.24, 2.45) is 37.7 Å². The number of piperidine rings is 1. The second-order valence-corrected chi connectivity index (χ2v) is 25.0. The molecule has 2 aromatic carbocycles. The first-order valence-electron chi connectivity index (χ1n) is 30.4. The molecule has 0 amide bonds. The largest absolute Gasteiger partial charge is 0.416 e. The number of alkyl halides is 3.